The van der Waals surface area contributed by atoms with Gasteiger partial charge in [-0.2, -0.15) is 0 Å². The number of unbranched alkanes of at least 4 members (excludes halogenated alkanes) is 1. The Labute approximate surface area is 236 Å². The molecule has 0 radical (unpaired) electrons. The molecule has 11 nitrogen and oxygen atoms in total. The van der Waals surface area contributed by atoms with Crippen molar-refractivity contribution in [2.45, 2.75) is 98.1 Å². The lowest BCUT2D eigenvalue weighted by atomic mass is 9.87. The molecule has 1 aromatic carbocycles. The molecule has 0 aliphatic heterocycles. The van der Waals surface area contributed by atoms with E-state index in [4.69, 9.17) is 29.4 Å². The Bertz CT molecular complexity index is 962. The van der Waals surface area contributed by atoms with Crippen molar-refractivity contribution in [1.29, 1.82) is 0 Å². The molecule has 0 saturated heterocycles. The van der Waals surface area contributed by atoms with Crippen molar-refractivity contribution >= 4 is 24.2 Å². The predicted octanol–water partition coefficient (Wildman–Crippen LogP) is 5.82. The van der Waals surface area contributed by atoms with Gasteiger partial charge in [0, 0.05) is 12.3 Å². The minimum absolute atomic E-state index is 0.0844. The van der Waals surface area contributed by atoms with Gasteiger partial charge in [-0.3, -0.25) is 9.59 Å². The first-order valence-corrected chi connectivity index (χ1v) is 13.8. The largest absolute Gasteiger partial charge is 0.513 e. The molecule has 3 N–H and O–H groups in total. The summed E-state index contributed by atoms with van der Waals surface area (Å²) in [5.41, 5.74) is 6.39. The molecule has 0 aromatic heterocycles. The molecule has 2 unspecified atom stereocenters. The molecular formula is C29H45NO10. The average molecular weight is 568 g/mol. The fourth-order valence-corrected chi connectivity index (χ4v) is 3.59. The molecule has 1 aromatic rings. The van der Waals surface area contributed by atoms with E-state index in [1.165, 1.54) is 18.2 Å². The van der Waals surface area contributed by atoms with Crippen LogP contribution in [0.2, 0.25) is 0 Å². The van der Waals surface area contributed by atoms with Crippen LogP contribution < -0.4 is 15.2 Å². The highest BCUT2D eigenvalue weighted by molar-refractivity contribution is 5.75. The Kier molecular flexibility index (Phi) is 15.7. The van der Waals surface area contributed by atoms with Crippen molar-refractivity contribution in [2.75, 3.05) is 13.2 Å². The summed E-state index contributed by atoms with van der Waals surface area (Å²) in [5, 5.41) is 9.65. The third-order valence-corrected chi connectivity index (χ3v) is 5.98. The predicted molar refractivity (Wildman–Crippen MR) is 147 cm³/mol. The van der Waals surface area contributed by atoms with Crippen LogP contribution in [0, 0.1) is 11.8 Å². The molecule has 0 saturated carbocycles. The van der Waals surface area contributed by atoms with Crippen LogP contribution in [0.25, 0.3) is 0 Å². The van der Waals surface area contributed by atoms with Crippen LogP contribution in [0.15, 0.2) is 18.2 Å². The Morgan fingerprint density at radius 3 is 1.93 bits per heavy atom. The lowest BCUT2D eigenvalue weighted by molar-refractivity contribution is -0.149. The number of rotatable bonds is 17. The molecule has 0 bridgehead atoms. The van der Waals surface area contributed by atoms with Gasteiger partial charge >= 0.3 is 24.2 Å². The molecule has 40 heavy (non-hydrogen) atoms. The van der Waals surface area contributed by atoms with Crippen molar-refractivity contribution in [3.8, 4) is 11.5 Å². The van der Waals surface area contributed by atoms with Crippen molar-refractivity contribution < 1.29 is 48.0 Å². The first-order valence-electron chi connectivity index (χ1n) is 13.8. The van der Waals surface area contributed by atoms with E-state index in [9.17, 15) is 24.3 Å². The monoisotopic (exact) mass is 567 g/mol. The van der Waals surface area contributed by atoms with E-state index in [2.05, 4.69) is 0 Å². The Hall–Kier alpha value is -3.34. The van der Waals surface area contributed by atoms with Gasteiger partial charge in [0.1, 0.15) is 6.04 Å². The molecule has 0 aliphatic rings. The van der Waals surface area contributed by atoms with Crippen molar-refractivity contribution in [1.82, 2.24) is 0 Å². The van der Waals surface area contributed by atoms with Crippen LogP contribution >= 0.6 is 0 Å². The van der Waals surface area contributed by atoms with E-state index in [0.29, 0.717) is 36.7 Å². The number of benzene rings is 1. The summed E-state index contributed by atoms with van der Waals surface area (Å²) in [6.07, 6.45) is 0.453. The summed E-state index contributed by atoms with van der Waals surface area (Å²) < 4.78 is 26.3. The number of nitrogens with two attached hydrogens (primary N) is 1. The number of carbonyl (C=O) groups excluding carboxylic acids is 3. The number of ether oxygens (including phenoxy) is 5. The van der Waals surface area contributed by atoms with Gasteiger partial charge in [-0.05, 0) is 62.1 Å². The van der Waals surface area contributed by atoms with E-state index in [-0.39, 0.29) is 43.5 Å². The normalized spacial score (nSPS) is 13.3. The number of aliphatic carboxylic acids is 1. The summed E-state index contributed by atoms with van der Waals surface area (Å²) in [7, 11) is 0. The maximum Gasteiger partial charge on any atom is 0.513 e. The maximum atomic E-state index is 12.4. The Morgan fingerprint density at radius 1 is 0.875 bits per heavy atom. The van der Waals surface area contributed by atoms with Gasteiger partial charge in [0.05, 0.1) is 19.3 Å². The smallest absolute Gasteiger partial charge is 0.480 e. The molecule has 3 atom stereocenters. The molecule has 0 fully saturated rings. The number of esters is 1. The van der Waals surface area contributed by atoms with E-state index in [1.807, 2.05) is 34.6 Å². The third kappa shape index (κ3) is 13.6. The highest BCUT2D eigenvalue weighted by atomic mass is 16.7. The number of hydrogen-bond donors (Lipinski definition) is 2. The summed E-state index contributed by atoms with van der Waals surface area (Å²) >= 11 is 0. The van der Waals surface area contributed by atoms with Gasteiger partial charge in [0.15, 0.2) is 11.5 Å². The summed E-state index contributed by atoms with van der Waals surface area (Å²) in [5.74, 6) is -2.17. The van der Waals surface area contributed by atoms with E-state index in [0.717, 1.165) is 6.42 Å². The fraction of sp³-hybridized carbons (Fsp3) is 0.655. The second-order valence-corrected chi connectivity index (χ2v) is 10.6. The summed E-state index contributed by atoms with van der Waals surface area (Å²) in [6.45, 7) is 11.8. The molecule has 0 amide bonds. The number of carboxylic acids is 1. The van der Waals surface area contributed by atoms with Gasteiger partial charge in [-0.1, -0.05) is 47.1 Å². The van der Waals surface area contributed by atoms with Gasteiger partial charge in [-0.15, -0.1) is 0 Å². The standard InChI is InChI=1S/C29H45NO10/c1-7-8-9-25(31)38-20(6)16-22(26(30)27(32)33)21-10-11-23(39-28(34)36-14-12-18(2)3)24(17-21)40-29(35)37-15-13-19(4)5/h10-11,17-20,22,26H,7-9,12-16,30H2,1-6H3,(H,32,33)/t20?,22?,26-/m0/s1. The van der Waals surface area contributed by atoms with E-state index < -0.39 is 36.3 Å². The minimum Gasteiger partial charge on any atom is -0.480 e. The zero-order valence-electron chi connectivity index (χ0n) is 24.5. The van der Waals surface area contributed by atoms with Crippen LogP contribution in [-0.2, 0) is 23.8 Å². The zero-order valence-corrected chi connectivity index (χ0v) is 24.5. The topological polar surface area (TPSA) is 161 Å². The fourth-order valence-electron chi connectivity index (χ4n) is 3.59. The molecule has 0 spiro atoms. The van der Waals surface area contributed by atoms with E-state index in [1.54, 1.807) is 6.92 Å². The van der Waals surface area contributed by atoms with Crippen molar-refractivity contribution in [3.05, 3.63) is 23.8 Å². The third-order valence-electron chi connectivity index (χ3n) is 5.98. The highest BCUT2D eigenvalue weighted by Crippen LogP contribution is 2.35. The van der Waals surface area contributed by atoms with E-state index >= 15 is 0 Å². The van der Waals surface area contributed by atoms with Crippen LogP contribution in [-0.4, -0.2) is 54.7 Å². The first-order chi connectivity index (χ1) is 18.8. The van der Waals surface area contributed by atoms with Crippen molar-refractivity contribution in [3.63, 3.8) is 0 Å². The van der Waals surface area contributed by atoms with Gasteiger partial charge in [0.2, 0.25) is 0 Å². The lowest BCUT2D eigenvalue weighted by Crippen LogP contribution is -2.38. The Balaban J connectivity index is 3.24. The molecule has 226 valence electrons. The first kappa shape index (κ1) is 34.7. The molecule has 0 heterocycles. The van der Waals surface area contributed by atoms with Gasteiger partial charge < -0.3 is 34.5 Å². The summed E-state index contributed by atoms with van der Waals surface area (Å²) in [6, 6.07) is 2.86. The van der Waals surface area contributed by atoms with Crippen LogP contribution in [0.5, 0.6) is 11.5 Å². The zero-order chi connectivity index (χ0) is 30.2. The molecule has 11 heteroatoms. The highest BCUT2D eigenvalue weighted by Gasteiger charge is 2.30. The lowest BCUT2D eigenvalue weighted by Gasteiger charge is -2.25. The second-order valence-electron chi connectivity index (χ2n) is 10.6. The molecular weight excluding hydrogens is 522 g/mol. The SMILES string of the molecule is CCCCC(=O)OC(C)CC(c1ccc(OC(=O)OCCC(C)C)c(OC(=O)OCCC(C)C)c1)[C@H](N)C(=O)O. The quantitative estimate of drug-likeness (QED) is 0.133. The van der Waals surface area contributed by atoms with Gasteiger partial charge in [0.25, 0.3) is 0 Å². The number of carboxylic acid groups (broad SMARTS) is 1. The summed E-state index contributed by atoms with van der Waals surface area (Å²) in [4.78, 5) is 48.6. The Morgan fingerprint density at radius 2 is 1.43 bits per heavy atom. The maximum absolute atomic E-state index is 12.4. The molecule has 0 aliphatic carbocycles. The van der Waals surface area contributed by atoms with Gasteiger partial charge in [-0.25, -0.2) is 9.59 Å². The minimum atomic E-state index is -1.37. The average Bonchev–Trinajstić information content (AvgIpc) is 2.86. The van der Waals surface area contributed by atoms with Crippen LogP contribution in [0.1, 0.15) is 91.5 Å². The molecule has 1 rings (SSSR count). The van der Waals surface area contributed by atoms with Crippen LogP contribution in [0.3, 0.4) is 0 Å². The van der Waals surface area contributed by atoms with Crippen LogP contribution in [0.4, 0.5) is 9.59 Å². The van der Waals surface area contributed by atoms with Crippen molar-refractivity contribution in [2.24, 2.45) is 17.6 Å². The second kappa shape index (κ2) is 18.1. The number of hydrogen-bond acceptors (Lipinski definition) is 10. The number of carbonyl (C=O) groups is 4.